The number of aryl methyl sites for hydroxylation is 1. The molecule has 6 nitrogen and oxygen atoms in total. The Kier molecular flexibility index (Phi) is 6.00. The normalized spacial score (nSPS) is 10.1. The molecule has 0 heterocycles. The molecule has 2 aromatic carbocycles. The molecule has 0 aliphatic rings. The second-order valence-corrected chi connectivity index (χ2v) is 5.56. The SMILES string of the molecule is COc1ccc(NC(=O)CN(C(C)=O)c2ccc(C)cc2)cc1OC. The first-order chi connectivity index (χ1) is 11.9. The Balaban J connectivity index is 2.11. The van der Waals surface area contributed by atoms with Crippen LogP contribution >= 0.6 is 0 Å². The number of nitrogens with one attached hydrogen (secondary N) is 1. The van der Waals surface area contributed by atoms with Gasteiger partial charge in [-0.1, -0.05) is 17.7 Å². The topological polar surface area (TPSA) is 67.9 Å². The van der Waals surface area contributed by atoms with Crippen LogP contribution < -0.4 is 19.7 Å². The lowest BCUT2D eigenvalue weighted by Crippen LogP contribution is -2.36. The van der Waals surface area contributed by atoms with E-state index in [2.05, 4.69) is 5.32 Å². The highest BCUT2D eigenvalue weighted by atomic mass is 16.5. The van der Waals surface area contributed by atoms with Gasteiger partial charge in [-0.15, -0.1) is 0 Å². The minimum atomic E-state index is -0.303. The van der Waals surface area contributed by atoms with Gasteiger partial charge in [0, 0.05) is 24.4 Å². The third kappa shape index (κ3) is 4.73. The zero-order valence-electron chi connectivity index (χ0n) is 14.8. The number of carbonyl (C=O) groups excluding carboxylic acids is 2. The molecule has 0 saturated heterocycles. The predicted octanol–water partition coefficient (Wildman–Crippen LogP) is 3.00. The maximum Gasteiger partial charge on any atom is 0.244 e. The summed E-state index contributed by atoms with van der Waals surface area (Å²) in [6, 6.07) is 12.5. The third-order valence-electron chi connectivity index (χ3n) is 3.69. The molecule has 25 heavy (non-hydrogen) atoms. The minimum Gasteiger partial charge on any atom is -0.493 e. The molecule has 0 saturated carbocycles. The number of methoxy groups -OCH3 is 2. The number of amides is 2. The molecule has 0 atom stereocenters. The van der Waals surface area contributed by atoms with Crippen LogP contribution in [0.5, 0.6) is 11.5 Å². The molecule has 0 radical (unpaired) electrons. The van der Waals surface area contributed by atoms with Gasteiger partial charge in [0.1, 0.15) is 6.54 Å². The van der Waals surface area contributed by atoms with Crippen LogP contribution in [0.2, 0.25) is 0 Å². The number of benzene rings is 2. The van der Waals surface area contributed by atoms with Crippen LogP contribution in [0.1, 0.15) is 12.5 Å². The second kappa shape index (κ2) is 8.19. The average Bonchev–Trinajstić information content (AvgIpc) is 2.60. The van der Waals surface area contributed by atoms with Crippen molar-refractivity contribution in [1.82, 2.24) is 0 Å². The van der Waals surface area contributed by atoms with Gasteiger partial charge in [0.15, 0.2) is 11.5 Å². The van der Waals surface area contributed by atoms with E-state index in [1.54, 1.807) is 25.3 Å². The quantitative estimate of drug-likeness (QED) is 0.876. The molecule has 2 rings (SSSR count). The minimum absolute atomic E-state index is 0.0766. The van der Waals surface area contributed by atoms with Gasteiger partial charge < -0.3 is 19.7 Å². The maximum absolute atomic E-state index is 12.3. The van der Waals surface area contributed by atoms with Gasteiger partial charge in [0.25, 0.3) is 0 Å². The number of anilines is 2. The highest BCUT2D eigenvalue weighted by Crippen LogP contribution is 2.29. The van der Waals surface area contributed by atoms with Crippen LogP contribution in [0.25, 0.3) is 0 Å². The number of ether oxygens (including phenoxy) is 2. The smallest absolute Gasteiger partial charge is 0.244 e. The summed E-state index contributed by atoms with van der Waals surface area (Å²) in [5.41, 5.74) is 2.33. The van der Waals surface area contributed by atoms with Crippen molar-refractivity contribution in [2.24, 2.45) is 0 Å². The van der Waals surface area contributed by atoms with E-state index in [1.807, 2.05) is 31.2 Å². The van der Waals surface area contributed by atoms with Gasteiger partial charge in [0.05, 0.1) is 14.2 Å². The van der Waals surface area contributed by atoms with Gasteiger partial charge in [-0.25, -0.2) is 0 Å². The molecule has 0 aliphatic heterocycles. The first-order valence-electron chi connectivity index (χ1n) is 7.81. The van der Waals surface area contributed by atoms with Crippen molar-refractivity contribution in [3.8, 4) is 11.5 Å². The Morgan fingerprint density at radius 2 is 1.64 bits per heavy atom. The Morgan fingerprint density at radius 3 is 2.20 bits per heavy atom. The van der Waals surface area contributed by atoms with Crippen LogP contribution in [-0.4, -0.2) is 32.6 Å². The summed E-state index contributed by atoms with van der Waals surface area (Å²) in [6.07, 6.45) is 0. The van der Waals surface area contributed by atoms with Crippen LogP contribution in [0.4, 0.5) is 11.4 Å². The van der Waals surface area contributed by atoms with Gasteiger partial charge in [-0.05, 0) is 31.2 Å². The summed E-state index contributed by atoms with van der Waals surface area (Å²) in [6.45, 7) is 3.32. The van der Waals surface area contributed by atoms with E-state index in [-0.39, 0.29) is 18.4 Å². The predicted molar refractivity (Wildman–Crippen MR) is 97.4 cm³/mol. The molecule has 2 amide bonds. The Hall–Kier alpha value is -3.02. The first-order valence-corrected chi connectivity index (χ1v) is 7.81. The van der Waals surface area contributed by atoms with Crippen molar-refractivity contribution in [1.29, 1.82) is 0 Å². The fraction of sp³-hybridized carbons (Fsp3) is 0.263. The summed E-state index contributed by atoms with van der Waals surface area (Å²) in [5, 5.41) is 2.77. The Morgan fingerprint density at radius 1 is 1.00 bits per heavy atom. The van der Waals surface area contributed by atoms with Crippen molar-refractivity contribution >= 4 is 23.2 Å². The van der Waals surface area contributed by atoms with Crippen molar-refractivity contribution in [3.63, 3.8) is 0 Å². The monoisotopic (exact) mass is 342 g/mol. The molecule has 0 bridgehead atoms. The number of nitrogens with zero attached hydrogens (tertiary/aromatic N) is 1. The number of carbonyl (C=O) groups is 2. The lowest BCUT2D eigenvalue weighted by Gasteiger charge is -2.21. The van der Waals surface area contributed by atoms with E-state index in [9.17, 15) is 9.59 Å². The summed E-state index contributed by atoms with van der Waals surface area (Å²) >= 11 is 0. The van der Waals surface area contributed by atoms with Crippen molar-refractivity contribution < 1.29 is 19.1 Å². The second-order valence-electron chi connectivity index (χ2n) is 5.56. The standard InChI is InChI=1S/C19H22N2O4/c1-13-5-8-16(9-6-13)21(14(2)22)12-19(23)20-15-7-10-17(24-3)18(11-15)25-4/h5-11H,12H2,1-4H3,(H,20,23). The number of hydrogen-bond donors (Lipinski definition) is 1. The van der Waals surface area contributed by atoms with Gasteiger partial charge in [0.2, 0.25) is 11.8 Å². The summed E-state index contributed by atoms with van der Waals surface area (Å²) in [4.78, 5) is 25.7. The molecule has 132 valence electrons. The molecule has 6 heteroatoms. The van der Waals surface area contributed by atoms with E-state index in [4.69, 9.17) is 9.47 Å². The van der Waals surface area contributed by atoms with Crippen LogP contribution in [0.3, 0.4) is 0 Å². The number of hydrogen-bond acceptors (Lipinski definition) is 4. The van der Waals surface area contributed by atoms with E-state index in [0.29, 0.717) is 22.9 Å². The molecular weight excluding hydrogens is 320 g/mol. The zero-order valence-corrected chi connectivity index (χ0v) is 14.8. The highest BCUT2D eigenvalue weighted by molar-refractivity contribution is 6.01. The Bertz CT molecular complexity index is 757. The van der Waals surface area contributed by atoms with Gasteiger partial charge in [-0.2, -0.15) is 0 Å². The van der Waals surface area contributed by atoms with E-state index in [1.165, 1.54) is 18.9 Å². The molecule has 0 aromatic heterocycles. The fourth-order valence-corrected chi connectivity index (χ4v) is 2.37. The molecule has 0 unspecified atom stereocenters. The first kappa shape index (κ1) is 18.3. The number of rotatable bonds is 6. The fourth-order valence-electron chi connectivity index (χ4n) is 2.37. The van der Waals surface area contributed by atoms with Crippen LogP contribution in [0, 0.1) is 6.92 Å². The van der Waals surface area contributed by atoms with Crippen molar-refractivity contribution in [2.75, 3.05) is 31.0 Å². The summed E-state index contributed by atoms with van der Waals surface area (Å²) in [7, 11) is 3.07. The largest absolute Gasteiger partial charge is 0.493 e. The summed E-state index contributed by atoms with van der Waals surface area (Å²) in [5.74, 6) is 0.585. The van der Waals surface area contributed by atoms with Crippen molar-refractivity contribution in [3.05, 3.63) is 48.0 Å². The highest BCUT2D eigenvalue weighted by Gasteiger charge is 2.16. The third-order valence-corrected chi connectivity index (χ3v) is 3.69. The lowest BCUT2D eigenvalue weighted by atomic mass is 10.2. The molecule has 1 N–H and O–H groups in total. The van der Waals surface area contributed by atoms with Gasteiger partial charge >= 0.3 is 0 Å². The Labute approximate surface area is 147 Å². The van der Waals surface area contributed by atoms with Crippen molar-refractivity contribution in [2.45, 2.75) is 13.8 Å². The molecule has 0 aliphatic carbocycles. The zero-order chi connectivity index (χ0) is 18.4. The summed E-state index contributed by atoms with van der Waals surface area (Å²) < 4.78 is 10.4. The van der Waals surface area contributed by atoms with Crippen LogP contribution in [-0.2, 0) is 9.59 Å². The van der Waals surface area contributed by atoms with Gasteiger partial charge in [-0.3, -0.25) is 9.59 Å². The van der Waals surface area contributed by atoms with E-state index >= 15 is 0 Å². The molecule has 0 spiro atoms. The van der Waals surface area contributed by atoms with E-state index < -0.39 is 0 Å². The molecule has 2 aromatic rings. The molecule has 0 fully saturated rings. The molecular formula is C19H22N2O4. The average molecular weight is 342 g/mol. The van der Waals surface area contributed by atoms with Crippen LogP contribution in [0.15, 0.2) is 42.5 Å². The van der Waals surface area contributed by atoms with E-state index in [0.717, 1.165) is 5.56 Å². The lowest BCUT2D eigenvalue weighted by molar-refractivity contribution is -0.120. The maximum atomic E-state index is 12.3.